The molecule has 0 aromatic heterocycles. The lowest BCUT2D eigenvalue weighted by atomic mass is 9.43. The molecular weight excluding hydrogens is 448 g/mol. The van der Waals surface area contributed by atoms with Crippen LogP contribution in [-0.4, -0.2) is 28.4 Å². The van der Waals surface area contributed by atoms with E-state index < -0.39 is 0 Å². The van der Waals surface area contributed by atoms with Gasteiger partial charge in [0.15, 0.2) is 0 Å². The van der Waals surface area contributed by atoms with Crippen molar-refractivity contribution < 1.29 is 19.7 Å². The van der Waals surface area contributed by atoms with Crippen LogP contribution in [0.3, 0.4) is 0 Å². The summed E-state index contributed by atoms with van der Waals surface area (Å²) in [6.07, 6.45) is 9.62. The summed E-state index contributed by atoms with van der Waals surface area (Å²) in [6, 6.07) is 8.16. The van der Waals surface area contributed by atoms with Crippen LogP contribution in [0.2, 0.25) is 0 Å². The Hall–Kier alpha value is -1.39. The topological polar surface area (TPSA) is 66.8 Å². The Morgan fingerprint density at radius 1 is 1.00 bits per heavy atom. The van der Waals surface area contributed by atoms with Gasteiger partial charge in [0.2, 0.25) is 0 Å². The largest absolute Gasteiger partial charge is 0.461 e. The predicted octanol–water partition coefficient (Wildman–Crippen LogP) is 6.45. The summed E-state index contributed by atoms with van der Waals surface area (Å²) in [5.74, 6) is 3.03. The zero-order chi connectivity index (χ0) is 25.7. The van der Waals surface area contributed by atoms with Crippen LogP contribution in [0.15, 0.2) is 24.3 Å². The first-order valence-electron chi connectivity index (χ1n) is 14.7. The lowest BCUT2D eigenvalue weighted by Crippen LogP contribution is -2.58. The second kappa shape index (κ2) is 10.1. The third-order valence-corrected chi connectivity index (χ3v) is 11.7. The summed E-state index contributed by atoms with van der Waals surface area (Å²) in [5.41, 5.74) is 2.78. The molecule has 2 N–H and O–H groups in total. The van der Waals surface area contributed by atoms with Gasteiger partial charge in [-0.25, -0.2) is 0 Å². The van der Waals surface area contributed by atoms with E-state index in [2.05, 4.69) is 39.8 Å². The van der Waals surface area contributed by atoms with Gasteiger partial charge in [0.05, 0.1) is 12.2 Å². The van der Waals surface area contributed by atoms with Crippen molar-refractivity contribution in [3.63, 3.8) is 0 Å². The van der Waals surface area contributed by atoms with Crippen molar-refractivity contribution in [2.45, 2.75) is 111 Å². The molecule has 0 spiro atoms. The number of aryl methyl sites for hydroxylation is 1. The maximum atomic E-state index is 12.5. The number of hydrogen-bond donors (Lipinski definition) is 2. The van der Waals surface area contributed by atoms with E-state index in [1.807, 2.05) is 12.1 Å². The molecule has 4 nitrogen and oxygen atoms in total. The Kier molecular flexibility index (Phi) is 7.33. The summed E-state index contributed by atoms with van der Waals surface area (Å²) in [5, 5.41) is 21.7. The molecule has 4 aliphatic rings. The van der Waals surface area contributed by atoms with Crippen molar-refractivity contribution in [2.75, 3.05) is 0 Å². The van der Waals surface area contributed by atoms with E-state index in [-0.39, 0.29) is 29.0 Å². The Bertz CT molecular complexity index is 927. The number of carbonyl (C=O) groups is 1. The van der Waals surface area contributed by atoms with Crippen LogP contribution in [0.1, 0.15) is 96.1 Å². The average Bonchev–Trinajstić information content (AvgIpc) is 3.20. The number of fused-ring (bicyclic) bond motifs is 5. The normalized spacial score (nSPS) is 42.7. The number of hydrogen-bond acceptors (Lipinski definition) is 4. The highest BCUT2D eigenvalue weighted by Gasteiger charge is 2.62. The van der Waals surface area contributed by atoms with E-state index in [9.17, 15) is 15.0 Å². The second-order valence-electron chi connectivity index (χ2n) is 13.6. The van der Waals surface area contributed by atoms with Gasteiger partial charge in [-0.1, -0.05) is 50.6 Å². The van der Waals surface area contributed by atoms with Gasteiger partial charge >= 0.3 is 5.97 Å². The number of aliphatic hydroxyl groups excluding tert-OH is 2. The van der Waals surface area contributed by atoms with Gasteiger partial charge in [0, 0.05) is 6.42 Å². The summed E-state index contributed by atoms with van der Waals surface area (Å²) in [4.78, 5) is 12.5. The first kappa shape index (κ1) is 26.2. The molecule has 200 valence electrons. The number of esters is 1. The average molecular weight is 497 g/mol. The van der Waals surface area contributed by atoms with Gasteiger partial charge in [-0.15, -0.1) is 0 Å². The highest BCUT2D eigenvalue weighted by Crippen LogP contribution is 2.68. The van der Waals surface area contributed by atoms with Crippen LogP contribution in [-0.2, 0) is 16.1 Å². The lowest BCUT2D eigenvalue weighted by Gasteiger charge is -2.62. The number of aliphatic hydroxyl groups is 2. The third-order valence-electron chi connectivity index (χ3n) is 11.7. The highest BCUT2D eigenvalue weighted by atomic mass is 16.5. The first-order valence-corrected chi connectivity index (χ1v) is 14.7. The summed E-state index contributed by atoms with van der Waals surface area (Å²) >= 11 is 0. The monoisotopic (exact) mass is 496 g/mol. The molecule has 1 aromatic carbocycles. The molecule has 0 radical (unpaired) electrons. The molecule has 4 saturated carbocycles. The molecular formula is C32H48O4. The zero-order valence-electron chi connectivity index (χ0n) is 22.9. The quantitative estimate of drug-likeness (QED) is 0.445. The SMILES string of the molecule is Cc1ccc(COC(=O)CC[C@@H](C)[C@H]2CC[C@H]3[C@@H]4[C@H](O)C[C@@H]5C[C@H](O)CC[C@]5(C)[C@H]4CC[C@]23C)cc1. The van der Waals surface area contributed by atoms with E-state index in [0.29, 0.717) is 48.5 Å². The summed E-state index contributed by atoms with van der Waals surface area (Å²) in [7, 11) is 0. The molecule has 10 atom stereocenters. The minimum Gasteiger partial charge on any atom is -0.461 e. The van der Waals surface area contributed by atoms with Gasteiger partial charge in [0.25, 0.3) is 0 Å². The van der Waals surface area contributed by atoms with Crippen molar-refractivity contribution in [3.05, 3.63) is 35.4 Å². The van der Waals surface area contributed by atoms with Crippen molar-refractivity contribution in [1.29, 1.82) is 0 Å². The Labute approximate surface area is 218 Å². The third kappa shape index (κ3) is 4.66. The minimum absolute atomic E-state index is 0.0908. The molecule has 0 unspecified atom stereocenters. The molecule has 1 aromatic rings. The molecule has 4 heteroatoms. The van der Waals surface area contributed by atoms with E-state index in [4.69, 9.17) is 4.74 Å². The Balaban J connectivity index is 1.20. The van der Waals surface area contributed by atoms with E-state index in [1.165, 1.54) is 31.2 Å². The summed E-state index contributed by atoms with van der Waals surface area (Å²) < 4.78 is 5.58. The number of ether oxygens (including phenoxy) is 1. The first-order chi connectivity index (χ1) is 17.1. The van der Waals surface area contributed by atoms with Gasteiger partial charge in [-0.05, 0) is 117 Å². The second-order valence-corrected chi connectivity index (χ2v) is 13.6. The van der Waals surface area contributed by atoms with Crippen LogP contribution in [0, 0.1) is 53.3 Å². The Morgan fingerprint density at radius 2 is 1.69 bits per heavy atom. The van der Waals surface area contributed by atoms with Crippen LogP contribution in [0.4, 0.5) is 0 Å². The Morgan fingerprint density at radius 3 is 2.44 bits per heavy atom. The van der Waals surface area contributed by atoms with Crippen molar-refractivity contribution >= 4 is 5.97 Å². The molecule has 0 heterocycles. The van der Waals surface area contributed by atoms with Crippen LogP contribution in [0.5, 0.6) is 0 Å². The van der Waals surface area contributed by atoms with E-state index >= 15 is 0 Å². The lowest BCUT2D eigenvalue weighted by molar-refractivity contribution is -0.174. The standard InChI is InChI=1S/C32H48O4/c1-20-5-8-22(9-6-20)19-36-29(35)12-7-21(2)25-10-11-26-30-27(14-16-32(25,26)4)31(3)15-13-24(33)17-23(31)18-28(30)34/h5-6,8-9,21,23-28,30,33-34H,7,10-19H2,1-4H3/t21-,23+,24-,25-,26+,27+,28-,30+,31+,32-/m1/s1. The molecule has 0 amide bonds. The molecule has 0 aliphatic heterocycles. The molecule has 36 heavy (non-hydrogen) atoms. The van der Waals surface area contributed by atoms with Crippen LogP contribution < -0.4 is 0 Å². The zero-order valence-corrected chi connectivity index (χ0v) is 22.9. The number of carbonyl (C=O) groups excluding carboxylic acids is 1. The van der Waals surface area contributed by atoms with Gasteiger partial charge in [0.1, 0.15) is 6.61 Å². The van der Waals surface area contributed by atoms with E-state index in [0.717, 1.165) is 37.7 Å². The number of benzene rings is 1. The van der Waals surface area contributed by atoms with Gasteiger partial charge in [-0.3, -0.25) is 4.79 Å². The number of rotatable bonds is 6. The fraction of sp³-hybridized carbons (Fsp3) is 0.781. The molecule has 5 rings (SSSR count). The van der Waals surface area contributed by atoms with Crippen molar-refractivity contribution in [1.82, 2.24) is 0 Å². The predicted molar refractivity (Wildman–Crippen MR) is 142 cm³/mol. The van der Waals surface area contributed by atoms with E-state index in [1.54, 1.807) is 0 Å². The maximum absolute atomic E-state index is 12.5. The van der Waals surface area contributed by atoms with Gasteiger partial charge < -0.3 is 14.9 Å². The maximum Gasteiger partial charge on any atom is 0.306 e. The minimum atomic E-state index is -0.228. The molecule has 0 bridgehead atoms. The molecule has 4 aliphatic carbocycles. The van der Waals surface area contributed by atoms with Crippen LogP contribution in [0.25, 0.3) is 0 Å². The smallest absolute Gasteiger partial charge is 0.306 e. The highest BCUT2D eigenvalue weighted by molar-refractivity contribution is 5.69. The van der Waals surface area contributed by atoms with Crippen molar-refractivity contribution in [3.8, 4) is 0 Å². The van der Waals surface area contributed by atoms with Crippen molar-refractivity contribution in [2.24, 2.45) is 46.3 Å². The molecule has 0 saturated heterocycles. The molecule has 4 fully saturated rings. The van der Waals surface area contributed by atoms with Crippen LogP contribution >= 0.6 is 0 Å². The van der Waals surface area contributed by atoms with Gasteiger partial charge in [-0.2, -0.15) is 0 Å². The summed E-state index contributed by atoms with van der Waals surface area (Å²) in [6.45, 7) is 9.74. The fourth-order valence-corrected chi connectivity index (χ4v) is 9.64. The fourth-order valence-electron chi connectivity index (χ4n) is 9.64.